The van der Waals surface area contributed by atoms with E-state index in [1.807, 2.05) is 4.98 Å². The third-order valence-corrected chi connectivity index (χ3v) is 1.69. The molecule has 0 aliphatic carbocycles. The lowest BCUT2D eigenvalue weighted by Crippen LogP contribution is -2.23. The topological polar surface area (TPSA) is 122 Å². The molecular formula is C10H9FN4O3. The van der Waals surface area contributed by atoms with Crippen LogP contribution in [0, 0.1) is 5.82 Å². The lowest BCUT2D eigenvalue weighted by atomic mass is 10.3. The van der Waals surface area contributed by atoms with Gasteiger partial charge in [0.1, 0.15) is 5.69 Å². The van der Waals surface area contributed by atoms with Gasteiger partial charge >= 0.3 is 5.69 Å². The minimum atomic E-state index is -1.00. The predicted molar refractivity (Wildman–Crippen MR) is 60.4 cm³/mol. The van der Waals surface area contributed by atoms with E-state index < -0.39 is 23.0 Å². The van der Waals surface area contributed by atoms with Gasteiger partial charge in [0, 0.05) is 12.4 Å². The number of amides is 1. The molecule has 0 spiro atoms. The highest BCUT2D eigenvalue weighted by molar-refractivity contribution is 5.90. The molecule has 1 amide bonds. The molecule has 0 atom stereocenters. The summed E-state index contributed by atoms with van der Waals surface area (Å²) in [6, 6.07) is 5.02. The second-order valence-electron chi connectivity index (χ2n) is 3.00. The van der Waals surface area contributed by atoms with Gasteiger partial charge < -0.3 is 10.7 Å². The van der Waals surface area contributed by atoms with Crippen molar-refractivity contribution in [2.45, 2.75) is 0 Å². The van der Waals surface area contributed by atoms with Crippen molar-refractivity contribution in [1.82, 2.24) is 15.0 Å². The molecule has 0 saturated heterocycles. The number of nitrogens with one attached hydrogen (secondary N) is 2. The number of nitrogens with two attached hydrogens (primary N) is 1. The van der Waals surface area contributed by atoms with Gasteiger partial charge in [0.2, 0.25) is 5.82 Å². The van der Waals surface area contributed by atoms with E-state index >= 15 is 0 Å². The summed E-state index contributed by atoms with van der Waals surface area (Å²) >= 11 is 0. The summed E-state index contributed by atoms with van der Waals surface area (Å²) in [7, 11) is 0. The lowest BCUT2D eigenvalue weighted by Gasteiger charge is -1.88. The van der Waals surface area contributed by atoms with Crippen LogP contribution in [0.5, 0.6) is 0 Å². The molecule has 8 heteroatoms. The highest BCUT2D eigenvalue weighted by Crippen LogP contribution is 1.89. The smallest absolute Gasteiger partial charge is 0.325 e. The molecular weight excluding hydrogens is 243 g/mol. The van der Waals surface area contributed by atoms with Crippen LogP contribution in [0.3, 0.4) is 0 Å². The Morgan fingerprint density at radius 2 is 2.06 bits per heavy atom. The maximum atomic E-state index is 12.0. The molecule has 0 fully saturated rings. The van der Waals surface area contributed by atoms with Crippen molar-refractivity contribution in [3.8, 4) is 0 Å². The molecule has 0 aliphatic rings. The van der Waals surface area contributed by atoms with E-state index in [9.17, 15) is 18.8 Å². The molecule has 0 radical (unpaired) electrons. The van der Waals surface area contributed by atoms with Crippen molar-refractivity contribution in [2.24, 2.45) is 5.73 Å². The van der Waals surface area contributed by atoms with E-state index in [0.717, 1.165) is 0 Å². The molecule has 0 bridgehead atoms. The van der Waals surface area contributed by atoms with Crippen LogP contribution in [0.2, 0.25) is 0 Å². The van der Waals surface area contributed by atoms with Crippen molar-refractivity contribution in [3.63, 3.8) is 0 Å². The third kappa shape index (κ3) is 4.00. The number of halogens is 1. The number of nitrogens with zero attached hydrogens (tertiary/aromatic N) is 1. The average Bonchev–Trinajstić information content (AvgIpc) is 2.36. The van der Waals surface area contributed by atoms with E-state index in [2.05, 4.69) is 4.98 Å². The number of hydrogen-bond acceptors (Lipinski definition) is 4. The minimum Gasteiger partial charge on any atom is -0.364 e. The highest BCUT2D eigenvalue weighted by atomic mass is 19.1. The monoisotopic (exact) mass is 252 g/mol. The Labute approximate surface area is 99.5 Å². The van der Waals surface area contributed by atoms with E-state index in [1.54, 1.807) is 23.2 Å². The number of aromatic amines is 2. The van der Waals surface area contributed by atoms with Gasteiger partial charge in [0.15, 0.2) is 0 Å². The fourth-order valence-electron chi connectivity index (χ4n) is 0.902. The zero-order valence-electron chi connectivity index (χ0n) is 9.01. The summed E-state index contributed by atoms with van der Waals surface area (Å²) in [5.74, 6) is -1.48. The van der Waals surface area contributed by atoms with Gasteiger partial charge in [-0.1, -0.05) is 6.07 Å². The second-order valence-corrected chi connectivity index (χ2v) is 3.00. The molecule has 18 heavy (non-hydrogen) atoms. The first kappa shape index (κ1) is 13.3. The van der Waals surface area contributed by atoms with Gasteiger partial charge in [-0.25, -0.2) is 4.79 Å². The molecule has 0 unspecified atom stereocenters. The van der Waals surface area contributed by atoms with E-state index in [-0.39, 0.29) is 0 Å². The molecule has 94 valence electrons. The summed E-state index contributed by atoms with van der Waals surface area (Å²) in [6.07, 6.45) is 2.24. The summed E-state index contributed by atoms with van der Waals surface area (Å²) in [5, 5.41) is 0. The Morgan fingerprint density at radius 1 is 1.33 bits per heavy atom. The minimum absolute atomic E-state index is 0.303. The molecule has 2 heterocycles. The highest BCUT2D eigenvalue weighted by Gasteiger charge is 1.96. The van der Waals surface area contributed by atoms with Gasteiger partial charge in [-0.3, -0.25) is 19.6 Å². The summed E-state index contributed by atoms with van der Waals surface area (Å²) < 4.78 is 12.0. The van der Waals surface area contributed by atoms with Crippen molar-refractivity contribution in [3.05, 3.63) is 62.9 Å². The molecule has 2 aromatic heterocycles. The maximum absolute atomic E-state index is 12.0. The van der Waals surface area contributed by atoms with Crippen LogP contribution >= 0.6 is 0 Å². The van der Waals surface area contributed by atoms with Gasteiger partial charge in [0.05, 0.1) is 0 Å². The largest absolute Gasteiger partial charge is 0.364 e. The Morgan fingerprint density at radius 3 is 2.44 bits per heavy atom. The van der Waals surface area contributed by atoms with Crippen LogP contribution in [0.15, 0.2) is 40.2 Å². The summed E-state index contributed by atoms with van der Waals surface area (Å²) in [6.45, 7) is 0. The van der Waals surface area contributed by atoms with E-state index in [1.165, 1.54) is 6.20 Å². The van der Waals surface area contributed by atoms with Crippen LogP contribution in [0.4, 0.5) is 4.39 Å². The Kier molecular flexibility index (Phi) is 4.50. The Balaban J connectivity index is 0.000000180. The molecule has 0 saturated carbocycles. The maximum Gasteiger partial charge on any atom is 0.325 e. The van der Waals surface area contributed by atoms with Crippen molar-refractivity contribution in [1.29, 1.82) is 0 Å². The van der Waals surface area contributed by atoms with Crippen molar-refractivity contribution >= 4 is 5.91 Å². The van der Waals surface area contributed by atoms with Gasteiger partial charge in [-0.15, -0.1) is 0 Å². The molecule has 2 aromatic rings. The number of rotatable bonds is 1. The quantitative estimate of drug-likeness (QED) is 0.626. The van der Waals surface area contributed by atoms with Crippen molar-refractivity contribution < 1.29 is 9.18 Å². The average molecular weight is 252 g/mol. The van der Waals surface area contributed by atoms with E-state index in [4.69, 9.17) is 5.73 Å². The van der Waals surface area contributed by atoms with E-state index in [0.29, 0.717) is 11.9 Å². The molecule has 2 rings (SSSR count). The summed E-state index contributed by atoms with van der Waals surface area (Å²) in [4.78, 5) is 38.1. The number of primary amides is 1. The Bertz CT molecular complexity index is 635. The number of carbonyl (C=O) groups is 1. The first-order valence-corrected chi connectivity index (χ1v) is 4.69. The number of aromatic nitrogens is 3. The fourth-order valence-corrected chi connectivity index (χ4v) is 0.902. The van der Waals surface area contributed by atoms with Crippen LogP contribution in [0.25, 0.3) is 0 Å². The molecule has 0 aromatic carbocycles. The van der Waals surface area contributed by atoms with Crippen LogP contribution in [-0.4, -0.2) is 20.9 Å². The SMILES string of the molecule is NC(=O)c1ccccn1.O=c1[nH]cc(F)c(=O)[nH]1. The predicted octanol–water partition coefficient (Wildman–Crippen LogP) is -0.617. The second kappa shape index (κ2) is 6.09. The fraction of sp³-hybridized carbons (Fsp3) is 0. The number of H-pyrrole nitrogens is 2. The Hall–Kier alpha value is -2.77. The van der Waals surface area contributed by atoms with Gasteiger partial charge in [-0.05, 0) is 12.1 Å². The number of pyridine rings is 1. The van der Waals surface area contributed by atoms with Crippen molar-refractivity contribution in [2.75, 3.05) is 0 Å². The standard InChI is InChI=1S/C6H6N2O.C4H3FN2O2/c7-6(9)5-3-1-2-4-8-5;5-2-1-6-4(9)7-3(2)8/h1-4H,(H2,7,9);1H,(H2,6,7,8,9). The first-order valence-electron chi connectivity index (χ1n) is 4.69. The summed E-state index contributed by atoms with van der Waals surface area (Å²) in [5.41, 5.74) is 3.51. The van der Waals surface area contributed by atoms with Crippen LogP contribution < -0.4 is 17.0 Å². The normalized spacial score (nSPS) is 9.17. The first-order chi connectivity index (χ1) is 8.50. The van der Waals surface area contributed by atoms with Gasteiger partial charge in [-0.2, -0.15) is 4.39 Å². The van der Waals surface area contributed by atoms with Gasteiger partial charge in [0.25, 0.3) is 11.5 Å². The van der Waals surface area contributed by atoms with Crippen LogP contribution in [0.1, 0.15) is 10.5 Å². The molecule has 7 nitrogen and oxygen atoms in total. The zero-order chi connectivity index (χ0) is 13.5. The molecule has 4 N–H and O–H groups in total. The zero-order valence-corrected chi connectivity index (χ0v) is 9.01. The lowest BCUT2D eigenvalue weighted by molar-refractivity contribution is 0.0995. The third-order valence-electron chi connectivity index (χ3n) is 1.69. The number of carbonyl (C=O) groups excluding carboxylic acids is 1. The van der Waals surface area contributed by atoms with Crippen LogP contribution in [-0.2, 0) is 0 Å². The number of hydrogen-bond donors (Lipinski definition) is 3. The molecule has 0 aliphatic heterocycles.